The van der Waals surface area contributed by atoms with Crippen LogP contribution in [0.15, 0.2) is 24.3 Å². The maximum Gasteiger partial charge on any atom is 0.241 e. The molecule has 2 heterocycles. The topological polar surface area (TPSA) is 32.3 Å². The van der Waals surface area contributed by atoms with Crippen LogP contribution in [0.5, 0.6) is 0 Å². The average molecular weight is 325 g/mol. The summed E-state index contributed by atoms with van der Waals surface area (Å²) in [6.45, 7) is 2.77. The Kier molecular flexibility index (Phi) is 4.77. The highest BCUT2D eigenvalue weighted by molar-refractivity contribution is 7.99. The van der Waals surface area contributed by atoms with Crippen LogP contribution in [0.1, 0.15) is 37.9 Å². The largest absolute Gasteiger partial charge is 0.320 e. The molecular formula is C16H21ClN2OS. The Hall–Kier alpha value is -0.710. The predicted octanol–water partition coefficient (Wildman–Crippen LogP) is 3.44. The van der Waals surface area contributed by atoms with Gasteiger partial charge in [-0.25, -0.2) is 0 Å². The molecule has 2 saturated heterocycles. The molecule has 0 radical (unpaired) electrons. The van der Waals surface area contributed by atoms with Crippen molar-refractivity contribution in [2.45, 2.75) is 43.6 Å². The van der Waals surface area contributed by atoms with Crippen LogP contribution < -0.4 is 5.32 Å². The third kappa shape index (κ3) is 3.38. The standard InChI is InChI=1S/C16H21ClN2OS/c1-11-16(20)19(10-14-7-2-3-8-21-14)15(18-11)12-5-4-6-13(17)9-12/h4-6,9,11,14-15,18H,2-3,7-8,10H2,1H3. The summed E-state index contributed by atoms with van der Waals surface area (Å²) in [6, 6.07) is 7.68. The van der Waals surface area contributed by atoms with Gasteiger partial charge < -0.3 is 4.90 Å². The van der Waals surface area contributed by atoms with Gasteiger partial charge in [-0.1, -0.05) is 30.2 Å². The molecule has 0 aromatic heterocycles. The molecule has 2 aliphatic rings. The van der Waals surface area contributed by atoms with Crippen LogP contribution in [0.4, 0.5) is 0 Å². The molecule has 1 aromatic rings. The highest BCUT2D eigenvalue weighted by Crippen LogP contribution is 2.32. The van der Waals surface area contributed by atoms with E-state index in [1.807, 2.05) is 47.9 Å². The van der Waals surface area contributed by atoms with E-state index in [2.05, 4.69) is 5.32 Å². The van der Waals surface area contributed by atoms with Crippen LogP contribution >= 0.6 is 23.4 Å². The van der Waals surface area contributed by atoms with Crippen molar-refractivity contribution in [1.29, 1.82) is 0 Å². The zero-order valence-corrected chi connectivity index (χ0v) is 13.8. The molecule has 114 valence electrons. The van der Waals surface area contributed by atoms with Crippen LogP contribution in [0, 0.1) is 0 Å². The van der Waals surface area contributed by atoms with E-state index in [4.69, 9.17) is 11.6 Å². The SMILES string of the molecule is CC1NC(c2cccc(Cl)c2)N(CC2CCCCS2)C1=O. The molecule has 1 aromatic carbocycles. The summed E-state index contributed by atoms with van der Waals surface area (Å²) in [7, 11) is 0. The second-order valence-electron chi connectivity index (χ2n) is 5.83. The molecule has 1 amide bonds. The molecular weight excluding hydrogens is 304 g/mol. The number of hydrogen-bond acceptors (Lipinski definition) is 3. The van der Waals surface area contributed by atoms with Gasteiger partial charge in [-0.2, -0.15) is 11.8 Å². The average Bonchev–Trinajstić information content (AvgIpc) is 2.77. The fourth-order valence-corrected chi connectivity index (χ4v) is 4.60. The third-order valence-electron chi connectivity index (χ3n) is 4.21. The van der Waals surface area contributed by atoms with Crippen molar-refractivity contribution in [3.63, 3.8) is 0 Å². The Balaban J connectivity index is 1.78. The van der Waals surface area contributed by atoms with Gasteiger partial charge in [0.1, 0.15) is 6.17 Å². The smallest absolute Gasteiger partial charge is 0.241 e. The first-order valence-electron chi connectivity index (χ1n) is 7.59. The van der Waals surface area contributed by atoms with E-state index in [1.54, 1.807) is 0 Å². The minimum absolute atomic E-state index is 0.0475. The number of benzene rings is 1. The van der Waals surface area contributed by atoms with Crippen LogP contribution in [0.3, 0.4) is 0 Å². The predicted molar refractivity (Wildman–Crippen MR) is 88.6 cm³/mol. The van der Waals surface area contributed by atoms with E-state index >= 15 is 0 Å². The van der Waals surface area contributed by atoms with Crippen LogP contribution in [-0.2, 0) is 4.79 Å². The van der Waals surface area contributed by atoms with Gasteiger partial charge in [0.25, 0.3) is 0 Å². The van der Waals surface area contributed by atoms with Crippen molar-refractivity contribution >= 4 is 29.3 Å². The summed E-state index contributed by atoms with van der Waals surface area (Å²) in [6.07, 6.45) is 3.76. The maximum absolute atomic E-state index is 12.5. The number of hydrogen-bond donors (Lipinski definition) is 1. The van der Waals surface area contributed by atoms with Gasteiger partial charge in [-0.05, 0) is 43.2 Å². The lowest BCUT2D eigenvalue weighted by Gasteiger charge is -2.30. The molecule has 3 atom stereocenters. The molecule has 1 N–H and O–H groups in total. The van der Waals surface area contributed by atoms with E-state index in [0.717, 1.165) is 12.1 Å². The molecule has 0 spiro atoms. The number of thioether (sulfide) groups is 1. The number of rotatable bonds is 3. The lowest BCUT2D eigenvalue weighted by atomic mass is 10.1. The Morgan fingerprint density at radius 1 is 1.43 bits per heavy atom. The van der Waals surface area contributed by atoms with Crippen molar-refractivity contribution in [1.82, 2.24) is 10.2 Å². The molecule has 5 heteroatoms. The van der Waals surface area contributed by atoms with Gasteiger partial charge in [0, 0.05) is 16.8 Å². The highest BCUT2D eigenvalue weighted by Gasteiger charge is 2.38. The Labute approximate surface area is 135 Å². The Bertz CT molecular complexity index is 519. The Morgan fingerprint density at radius 2 is 2.29 bits per heavy atom. The van der Waals surface area contributed by atoms with E-state index < -0.39 is 0 Å². The first-order chi connectivity index (χ1) is 10.1. The van der Waals surface area contributed by atoms with Crippen molar-refractivity contribution in [3.8, 4) is 0 Å². The maximum atomic E-state index is 12.5. The lowest BCUT2D eigenvalue weighted by Crippen LogP contribution is -2.37. The van der Waals surface area contributed by atoms with E-state index in [0.29, 0.717) is 10.3 Å². The zero-order chi connectivity index (χ0) is 14.8. The normalized spacial score (nSPS) is 29.9. The number of halogens is 1. The number of carbonyl (C=O) groups excluding carboxylic acids is 1. The van der Waals surface area contributed by atoms with Gasteiger partial charge in [-0.15, -0.1) is 0 Å². The van der Waals surface area contributed by atoms with Gasteiger partial charge >= 0.3 is 0 Å². The van der Waals surface area contributed by atoms with Gasteiger partial charge in [0.15, 0.2) is 0 Å². The number of amides is 1. The van der Waals surface area contributed by atoms with Crippen molar-refractivity contribution in [2.75, 3.05) is 12.3 Å². The molecule has 3 rings (SSSR count). The summed E-state index contributed by atoms with van der Waals surface area (Å²) in [5, 5.41) is 4.68. The van der Waals surface area contributed by atoms with Crippen LogP contribution in [0.25, 0.3) is 0 Å². The quantitative estimate of drug-likeness (QED) is 0.924. The summed E-state index contributed by atoms with van der Waals surface area (Å²) in [5.41, 5.74) is 1.07. The molecule has 0 bridgehead atoms. The minimum atomic E-state index is -0.123. The van der Waals surface area contributed by atoms with E-state index in [9.17, 15) is 4.79 Å². The monoisotopic (exact) mass is 324 g/mol. The molecule has 2 aliphatic heterocycles. The summed E-state index contributed by atoms with van der Waals surface area (Å²) >= 11 is 8.11. The van der Waals surface area contributed by atoms with Gasteiger partial charge in [0.05, 0.1) is 6.04 Å². The first kappa shape index (κ1) is 15.2. The third-order valence-corrected chi connectivity index (χ3v) is 5.83. The molecule has 0 aliphatic carbocycles. The van der Waals surface area contributed by atoms with E-state index in [-0.39, 0.29) is 18.1 Å². The van der Waals surface area contributed by atoms with Crippen LogP contribution in [-0.4, -0.2) is 34.4 Å². The fraction of sp³-hybridized carbons (Fsp3) is 0.562. The lowest BCUT2D eigenvalue weighted by molar-refractivity contribution is -0.129. The molecule has 2 fully saturated rings. The molecule has 3 unspecified atom stereocenters. The van der Waals surface area contributed by atoms with Gasteiger partial charge in [0.2, 0.25) is 5.91 Å². The van der Waals surface area contributed by atoms with Crippen molar-refractivity contribution < 1.29 is 4.79 Å². The summed E-state index contributed by atoms with van der Waals surface area (Å²) in [4.78, 5) is 14.5. The fourth-order valence-electron chi connectivity index (χ4n) is 3.09. The number of nitrogens with one attached hydrogen (secondary N) is 1. The second kappa shape index (κ2) is 6.59. The minimum Gasteiger partial charge on any atom is -0.320 e. The first-order valence-corrected chi connectivity index (χ1v) is 9.01. The van der Waals surface area contributed by atoms with Crippen LogP contribution in [0.2, 0.25) is 5.02 Å². The van der Waals surface area contributed by atoms with Gasteiger partial charge in [-0.3, -0.25) is 10.1 Å². The molecule has 0 saturated carbocycles. The molecule has 3 nitrogen and oxygen atoms in total. The second-order valence-corrected chi connectivity index (χ2v) is 7.67. The van der Waals surface area contributed by atoms with E-state index in [1.165, 1.54) is 25.0 Å². The number of nitrogens with zero attached hydrogens (tertiary/aromatic N) is 1. The zero-order valence-electron chi connectivity index (χ0n) is 12.2. The Morgan fingerprint density at radius 3 is 3.00 bits per heavy atom. The van der Waals surface area contributed by atoms with Crippen molar-refractivity contribution in [2.24, 2.45) is 0 Å². The molecule has 21 heavy (non-hydrogen) atoms. The highest BCUT2D eigenvalue weighted by atomic mass is 35.5. The number of carbonyl (C=O) groups is 1. The van der Waals surface area contributed by atoms with Crippen molar-refractivity contribution in [3.05, 3.63) is 34.9 Å². The summed E-state index contributed by atoms with van der Waals surface area (Å²) < 4.78 is 0. The summed E-state index contributed by atoms with van der Waals surface area (Å²) in [5.74, 6) is 1.42.